The highest BCUT2D eigenvalue weighted by Gasteiger charge is 2.32. The molecule has 108 valence electrons. The highest BCUT2D eigenvalue weighted by molar-refractivity contribution is 5.83. The second kappa shape index (κ2) is 5.11. The first-order chi connectivity index (χ1) is 10.3. The van der Waals surface area contributed by atoms with Crippen molar-refractivity contribution in [2.75, 3.05) is 13.2 Å². The van der Waals surface area contributed by atoms with E-state index in [4.69, 9.17) is 4.74 Å². The molecule has 1 fully saturated rings. The smallest absolute Gasteiger partial charge is 0.138 e. The molecule has 0 saturated carbocycles. The molecule has 21 heavy (non-hydrogen) atoms. The van der Waals surface area contributed by atoms with Crippen LogP contribution in [0.2, 0.25) is 0 Å². The molecule has 1 aromatic carbocycles. The molecule has 4 nitrogen and oxygen atoms in total. The first-order valence-electron chi connectivity index (χ1n) is 7.56. The number of fused-ring (bicyclic) bond motifs is 3. The molecule has 1 atom stereocenters. The van der Waals surface area contributed by atoms with E-state index in [2.05, 4.69) is 21.7 Å². The third-order valence-electron chi connectivity index (χ3n) is 4.67. The number of hydrogen-bond donors (Lipinski definition) is 0. The van der Waals surface area contributed by atoms with Crippen molar-refractivity contribution < 1.29 is 9.53 Å². The number of hydrogen-bond acceptors (Lipinski definition) is 3. The number of imidazole rings is 1. The number of ether oxygens (including phenoxy) is 1. The van der Waals surface area contributed by atoms with Crippen LogP contribution in [0.5, 0.6) is 0 Å². The summed E-state index contributed by atoms with van der Waals surface area (Å²) in [6.07, 6.45) is 6.02. The Bertz CT molecular complexity index is 671. The zero-order chi connectivity index (χ0) is 14.2. The van der Waals surface area contributed by atoms with Gasteiger partial charge in [0, 0.05) is 31.1 Å². The number of ketones is 1. The van der Waals surface area contributed by atoms with E-state index < -0.39 is 0 Å². The third kappa shape index (κ3) is 2.10. The van der Waals surface area contributed by atoms with E-state index >= 15 is 0 Å². The van der Waals surface area contributed by atoms with Gasteiger partial charge in [0.2, 0.25) is 0 Å². The van der Waals surface area contributed by atoms with E-state index in [1.807, 2.05) is 24.7 Å². The minimum atomic E-state index is 0.106. The number of aromatic nitrogens is 2. The summed E-state index contributed by atoms with van der Waals surface area (Å²) < 4.78 is 7.49. The molecule has 2 aromatic rings. The van der Waals surface area contributed by atoms with E-state index in [0.29, 0.717) is 25.4 Å². The summed E-state index contributed by atoms with van der Waals surface area (Å²) in [6, 6.07) is 8.43. The van der Waals surface area contributed by atoms with Crippen molar-refractivity contribution >= 4 is 5.78 Å². The molecule has 3 heterocycles. The Kier molecular flexibility index (Phi) is 3.11. The van der Waals surface area contributed by atoms with E-state index in [-0.39, 0.29) is 12.0 Å². The maximum Gasteiger partial charge on any atom is 0.138 e. The lowest BCUT2D eigenvalue weighted by molar-refractivity contribution is -0.126. The van der Waals surface area contributed by atoms with Crippen LogP contribution < -0.4 is 0 Å². The van der Waals surface area contributed by atoms with Gasteiger partial charge in [0.05, 0.1) is 24.3 Å². The Balaban J connectivity index is 1.62. The van der Waals surface area contributed by atoms with Crippen LogP contribution >= 0.6 is 0 Å². The zero-order valence-corrected chi connectivity index (χ0v) is 11.9. The SMILES string of the molecule is O=C(C[C@@H]1c2ccccc2-c2cncn21)C1CCOCC1. The Morgan fingerprint density at radius 1 is 1.29 bits per heavy atom. The number of Topliss-reactive ketones (excluding diaryl/α,β-unsaturated/α-hetero) is 1. The van der Waals surface area contributed by atoms with Crippen molar-refractivity contribution in [2.45, 2.75) is 25.3 Å². The van der Waals surface area contributed by atoms with E-state index in [1.165, 1.54) is 11.1 Å². The van der Waals surface area contributed by atoms with Crippen LogP contribution in [-0.4, -0.2) is 28.5 Å². The third-order valence-corrected chi connectivity index (χ3v) is 4.67. The maximum absolute atomic E-state index is 12.6. The van der Waals surface area contributed by atoms with Crippen LogP contribution in [0.3, 0.4) is 0 Å². The zero-order valence-electron chi connectivity index (χ0n) is 11.9. The summed E-state index contributed by atoms with van der Waals surface area (Å²) in [7, 11) is 0. The second-order valence-electron chi connectivity index (χ2n) is 5.85. The first-order valence-corrected chi connectivity index (χ1v) is 7.56. The van der Waals surface area contributed by atoms with Crippen molar-refractivity contribution in [1.82, 2.24) is 9.55 Å². The van der Waals surface area contributed by atoms with Crippen LogP contribution in [-0.2, 0) is 9.53 Å². The molecule has 0 unspecified atom stereocenters. The lowest BCUT2D eigenvalue weighted by atomic mass is 9.89. The van der Waals surface area contributed by atoms with Gasteiger partial charge >= 0.3 is 0 Å². The molecule has 2 aliphatic heterocycles. The molecule has 4 rings (SSSR count). The van der Waals surface area contributed by atoms with Crippen molar-refractivity contribution in [3.05, 3.63) is 42.4 Å². The fourth-order valence-electron chi connectivity index (χ4n) is 3.52. The largest absolute Gasteiger partial charge is 0.381 e. The Morgan fingerprint density at radius 3 is 2.95 bits per heavy atom. The van der Waals surface area contributed by atoms with Crippen LogP contribution in [0.25, 0.3) is 11.3 Å². The Labute approximate surface area is 123 Å². The molecule has 1 aromatic heterocycles. The molecule has 2 aliphatic rings. The van der Waals surface area contributed by atoms with Gasteiger partial charge in [-0.2, -0.15) is 0 Å². The first kappa shape index (κ1) is 12.8. The number of carbonyl (C=O) groups is 1. The second-order valence-corrected chi connectivity index (χ2v) is 5.85. The predicted octanol–water partition coefficient (Wildman–Crippen LogP) is 2.84. The molecule has 4 heteroatoms. The van der Waals surface area contributed by atoms with E-state index in [1.54, 1.807) is 0 Å². The molecular formula is C17H18N2O2. The lowest BCUT2D eigenvalue weighted by Crippen LogP contribution is -2.25. The minimum absolute atomic E-state index is 0.106. The van der Waals surface area contributed by atoms with Gasteiger partial charge in [-0.3, -0.25) is 4.79 Å². The van der Waals surface area contributed by atoms with Gasteiger partial charge in [-0.15, -0.1) is 0 Å². The van der Waals surface area contributed by atoms with E-state index in [0.717, 1.165) is 18.5 Å². The highest BCUT2D eigenvalue weighted by Crippen LogP contribution is 2.41. The van der Waals surface area contributed by atoms with Crippen LogP contribution in [0.1, 0.15) is 30.9 Å². The Morgan fingerprint density at radius 2 is 2.10 bits per heavy atom. The topological polar surface area (TPSA) is 44.1 Å². The molecule has 0 aliphatic carbocycles. The normalized spacial score (nSPS) is 21.0. The predicted molar refractivity (Wildman–Crippen MR) is 79.0 cm³/mol. The van der Waals surface area contributed by atoms with Gasteiger partial charge in [0.1, 0.15) is 5.78 Å². The summed E-state index contributed by atoms with van der Waals surface area (Å²) in [6.45, 7) is 1.43. The average molecular weight is 282 g/mol. The molecule has 0 amide bonds. The fourth-order valence-corrected chi connectivity index (χ4v) is 3.52. The van der Waals surface area contributed by atoms with Gasteiger partial charge in [-0.1, -0.05) is 24.3 Å². The maximum atomic E-state index is 12.6. The molecule has 1 saturated heterocycles. The number of nitrogens with zero attached hydrogens (tertiary/aromatic N) is 2. The fraction of sp³-hybridized carbons (Fsp3) is 0.412. The quantitative estimate of drug-likeness (QED) is 0.869. The summed E-state index contributed by atoms with van der Waals surface area (Å²) in [4.78, 5) is 16.9. The van der Waals surface area contributed by atoms with Gasteiger partial charge in [-0.05, 0) is 18.4 Å². The molecule has 0 N–H and O–H groups in total. The van der Waals surface area contributed by atoms with E-state index in [9.17, 15) is 4.79 Å². The highest BCUT2D eigenvalue weighted by atomic mass is 16.5. The number of carbonyl (C=O) groups excluding carboxylic acids is 1. The number of benzene rings is 1. The lowest BCUT2D eigenvalue weighted by Gasteiger charge is -2.23. The van der Waals surface area contributed by atoms with Gasteiger partial charge in [0.15, 0.2) is 0 Å². The van der Waals surface area contributed by atoms with Gasteiger partial charge < -0.3 is 9.30 Å². The average Bonchev–Trinajstić information content (AvgIpc) is 3.11. The number of rotatable bonds is 3. The van der Waals surface area contributed by atoms with Crippen LogP contribution in [0.15, 0.2) is 36.8 Å². The van der Waals surface area contributed by atoms with Crippen molar-refractivity contribution in [3.8, 4) is 11.3 Å². The van der Waals surface area contributed by atoms with Crippen LogP contribution in [0.4, 0.5) is 0 Å². The summed E-state index contributed by atoms with van der Waals surface area (Å²) in [5.41, 5.74) is 3.57. The minimum Gasteiger partial charge on any atom is -0.381 e. The van der Waals surface area contributed by atoms with Gasteiger partial charge in [0.25, 0.3) is 0 Å². The monoisotopic (exact) mass is 282 g/mol. The van der Waals surface area contributed by atoms with Crippen LogP contribution in [0, 0.1) is 5.92 Å². The molecule has 0 bridgehead atoms. The summed E-state index contributed by atoms with van der Waals surface area (Å²) in [5, 5.41) is 0. The summed E-state index contributed by atoms with van der Waals surface area (Å²) >= 11 is 0. The Hall–Kier alpha value is -1.94. The summed E-state index contributed by atoms with van der Waals surface area (Å²) in [5.74, 6) is 0.526. The van der Waals surface area contributed by atoms with Crippen molar-refractivity contribution in [2.24, 2.45) is 5.92 Å². The molecule has 0 radical (unpaired) electrons. The molecular weight excluding hydrogens is 264 g/mol. The van der Waals surface area contributed by atoms with Crippen molar-refractivity contribution in [3.63, 3.8) is 0 Å². The van der Waals surface area contributed by atoms with Crippen molar-refractivity contribution in [1.29, 1.82) is 0 Å². The van der Waals surface area contributed by atoms with Gasteiger partial charge in [-0.25, -0.2) is 4.98 Å². The molecule has 0 spiro atoms. The standard InChI is InChI=1S/C17H18N2O2/c20-17(12-5-7-21-8-6-12)9-15-13-3-1-2-4-14(13)16-10-18-11-19(15)16/h1-4,10-12,15H,5-9H2/t15-/m1/s1.